The van der Waals surface area contributed by atoms with Crippen molar-refractivity contribution in [2.45, 2.75) is 13.8 Å². The summed E-state index contributed by atoms with van der Waals surface area (Å²) < 4.78 is 2.56. The summed E-state index contributed by atoms with van der Waals surface area (Å²) in [5.41, 5.74) is 2.72. The van der Waals surface area contributed by atoms with E-state index in [1.165, 1.54) is 6.92 Å². The highest BCUT2D eigenvalue weighted by atomic mass is 32.1. The summed E-state index contributed by atoms with van der Waals surface area (Å²) in [6, 6.07) is 7.56. The van der Waals surface area contributed by atoms with E-state index in [1.54, 1.807) is 0 Å². The Kier molecular flexibility index (Phi) is 3.10. The van der Waals surface area contributed by atoms with Gasteiger partial charge in [-0.15, -0.1) is 0 Å². The van der Waals surface area contributed by atoms with Crippen molar-refractivity contribution in [3.63, 3.8) is 0 Å². The van der Waals surface area contributed by atoms with E-state index in [1.807, 2.05) is 42.0 Å². The van der Waals surface area contributed by atoms with Crippen molar-refractivity contribution in [3.05, 3.63) is 40.9 Å². The maximum atomic E-state index is 11.0. The number of aromatic amines is 1. The van der Waals surface area contributed by atoms with E-state index < -0.39 is 0 Å². The summed E-state index contributed by atoms with van der Waals surface area (Å²) in [5, 5.41) is 2.75. The van der Waals surface area contributed by atoms with Gasteiger partial charge in [-0.1, -0.05) is 6.07 Å². The summed E-state index contributed by atoms with van der Waals surface area (Å²) >= 11 is 5.21. The van der Waals surface area contributed by atoms with Crippen molar-refractivity contribution in [3.8, 4) is 5.69 Å². The smallest absolute Gasteiger partial charge is 0.221 e. The van der Waals surface area contributed by atoms with Crippen LogP contribution in [-0.2, 0) is 4.79 Å². The third-order valence-electron chi connectivity index (χ3n) is 2.39. The average Bonchev–Trinajstić information content (AvgIpc) is 2.58. The minimum absolute atomic E-state index is 0.0865. The highest BCUT2D eigenvalue weighted by Crippen LogP contribution is 2.17. The molecule has 88 valence electrons. The number of imidazole rings is 1. The van der Waals surface area contributed by atoms with Gasteiger partial charge >= 0.3 is 0 Å². The Hall–Kier alpha value is -1.88. The predicted octanol–water partition coefficient (Wildman–Crippen LogP) is 2.80. The maximum absolute atomic E-state index is 11.0. The fourth-order valence-electron chi connectivity index (χ4n) is 1.70. The van der Waals surface area contributed by atoms with E-state index in [0.717, 1.165) is 17.1 Å². The van der Waals surface area contributed by atoms with Crippen LogP contribution < -0.4 is 5.32 Å². The summed E-state index contributed by atoms with van der Waals surface area (Å²) in [6.07, 6.45) is 1.85. The second-order valence-electron chi connectivity index (χ2n) is 3.80. The van der Waals surface area contributed by atoms with E-state index in [2.05, 4.69) is 10.3 Å². The molecular weight excluding hydrogens is 234 g/mol. The van der Waals surface area contributed by atoms with Crippen LogP contribution in [0.4, 0.5) is 5.69 Å². The predicted molar refractivity (Wildman–Crippen MR) is 70.0 cm³/mol. The Labute approximate surface area is 104 Å². The molecule has 0 bridgehead atoms. The molecule has 0 atom stereocenters. The summed E-state index contributed by atoms with van der Waals surface area (Å²) in [7, 11) is 0. The van der Waals surface area contributed by atoms with Crippen molar-refractivity contribution >= 4 is 23.8 Å². The average molecular weight is 247 g/mol. The zero-order chi connectivity index (χ0) is 12.4. The van der Waals surface area contributed by atoms with Crippen LogP contribution in [0.5, 0.6) is 0 Å². The number of benzene rings is 1. The summed E-state index contributed by atoms with van der Waals surface area (Å²) in [4.78, 5) is 14.0. The van der Waals surface area contributed by atoms with Crippen molar-refractivity contribution in [1.82, 2.24) is 9.55 Å². The van der Waals surface area contributed by atoms with E-state index in [4.69, 9.17) is 12.2 Å². The van der Waals surface area contributed by atoms with Crippen LogP contribution in [0, 0.1) is 11.7 Å². The number of carbonyl (C=O) groups excluding carboxylic acids is 1. The first-order chi connectivity index (χ1) is 8.08. The van der Waals surface area contributed by atoms with Gasteiger partial charge in [-0.3, -0.25) is 9.36 Å². The van der Waals surface area contributed by atoms with Crippen molar-refractivity contribution in [1.29, 1.82) is 0 Å². The number of aryl methyl sites for hydroxylation is 1. The second-order valence-corrected chi connectivity index (χ2v) is 4.19. The maximum Gasteiger partial charge on any atom is 0.221 e. The van der Waals surface area contributed by atoms with Crippen molar-refractivity contribution in [2.24, 2.45) is 0 Å². The van der Waals surface area contributed by atoms with Crippen LogP contribution in [0.15, 0.2) is 30.5 Å². The third-order valence-corrected chi connectivity index (χ3v) is 2.69. The Morgan fingerprint density at radius 3 is 2.82 bits per heavy atom. The normalized spacial score (nSPS) is 10.2. The molecule has 0 aliphatic carbocycles. The van der Waals surface area contributed by atoms with Gasteiger partial charge < -0.3 is 10.3 Å². The van der Waals surface area contributed by atoms with Crippen LogP contribution in [-0.4, -0.2) is 15.5 Å². The van der Waals surface area contributed by atoms with Gasteiger partial charge in [0, 0.05) is 24.5 Å². The molecule has 2 N–H and O–H groups in total. The van der Waals surface area contributed by atoms with E-state index in [9.17, 15) is 4.79 Å². The minimum Gasteiger partial charge on any atom is -0.337 e. The Morgan fingerprint density at radius 2 is 2.24 bits per heavy atom. The number of nitrogens with one attached hydrogen (secondary N) is 2. The number of aromatic nitrogens is 2. The molecule has 1 aromatic heterocycles. The molecule has 0 saturated heterocycles. The lowest BCUT2D eigenvalue weighted by atomic mass is 10.2. The summed E-state index contributed by atoms with van der Waals surface area (Å²) in [6.45, 7) is 3.46. The second kappa shape index (κ2) is 4.55. The van der Waals surface area contributed by atoms with Crippen LogP contribution in [0.2, 0.25) is 0 Å². The number of hydrogen-bond acceptors (Lipinski definition) is 2. The van der Waals surface area contributed by atoms with E-state index in [-0.39, 0.29) is 5.91 Å². The van der Waals surface area contributed by atoms with Gasteiger partial charge in [0.25, 0.3) is 0 Å². The molecular formula is C12H13N3OS. The van der Waals surface area contributed by atoms with Gasteiger partial charge in [-0.2, -0.15) is 0 Å². The number of H-pyrrole nitrogens is 1. The molecule has 4 nitrogen and oxygen atoms in total. The molecule has 0 unspecified atom stereocenters. The molecule has 0 spiro atoms. The van der Waals surface area contributed by atoms with Crippen LogP contribution in [0.1, 0.15) is 12.6 Å². The Balaban J connectivity index is 2.47. The largest absolute Gasteiger partial charge is 0.337 e. The number of carbonyl (C=O) groups is 1. The van der Waals surface area contributed by atoms with Gasteiger partial charge in [-0.25, -0.2) is 0 Å². The fraction of sp³-hybridized carbons (Fsp3) is 0.167. The molecule has 1 amide bonds. The topological polar surface area (TPSA) is 49.8 Å². The van der Waals surface area contributed by atoms with Crippen LogP contribution >= 0.6 is 12.2 Å². The highest BCUT2D eigenvalue weighted by molar-refractivity contribution is 7.71. The first-order valence-corrected chi connectivity index (χ1v) is 5.64. The zero-order valence-electron chi connectivity index (χ0n) is 9.65. The van der Waals surface area contributed by atoms with Crippen molar-refractivity contribution in [2.75, 3.05) is 5.32 Å². The highest BCUT2D eigenvalue weighted by Gasteiger charge is 2.03. The molecule has 0 saturated carbocycles. The number of rotatable bonds is 2. The molecule has 0 fully saturated rings. The van der Waals surface area contributed by atoms with Gasteiger partial charge in [0.1, 0.15) is 0 Å². The number of amides is 1. The first-order valence-electron chi connectivity index (χ1n) is 5.23. The monoisotopic (exact) mass is 247 g/mol. The first kappa shape index (κ1) is 11.6. The Bertz CT molecular complexity index is 612. The van der Waals surface area contributed by atoms with Gasteiger partial charge in [0.2, 0.25) is 5.91 Å². The molecule has 0 aliphatic heterocycles. The zero-order valence-corrected chi connectivity index (χ0v) is 10.5. The molecule has 2 aromatic rings. The van der Waals surface area contributed by atoms with Gasteiger partial charge in [-0.05, 0) is 37.3 Å². The lowest BCUT2D eigenvalue weighted by molar-refractivity contribution is -0.114. The third kappa shape index (κ3) is 2.45. The molecule has 0 aliphatic rings. The molecule has 5 heteroatoms. The lowest BCUT2D eigenvalue weighted by Crippen LogP contribution is -2.06. The van der Waals surface area contributed by atoms with Crippen LogP contribution in [0.25, 0.3) is 5.69 Å². The standard InChI is InChI=1S/C12H13N3OS/c1-8-7-13-12(17)15(8)11-5-3-4-10(6-11)14-9(2)16/h3-7H,1-2H3,(H,13,17)(H,14,16). The molecule has 17 heavy (non-hydrogen) atoms. The lowest BCUT2D eigenvalue weighted by Gasteiger charge is -2.08. The number of nitrogens with zero attached hydrogens (tertiary/aromatic N) is 1. The number of anilines is 1. The quantitative estimate of drug-likeness (QED) is 0.802. The molecule has 1 aromatic carbocycles. The van der Waals surface area contributed by atoms with E-state index >= 15 is 0 Å². The summed E-state index contributed by atoms with van der Waals surface area (Å²) in [5.74, 6) is -0.0865. The van der Waals surface area contributed by atoms with Gasteiger partial charge in [0.05, 0.1) is 5.69 Å². The Morgan fingerprint density at radius 1 is 1.47 bits per heavy atom. The SMILES string of the molecule is CC(=O)Nc1cccc(-n2c(C)c[nH]c2=S)c1. The minimum atomic E-state index is -0.0865. The van der Waals surface area contributed by atoms with Crippen molar-refractivity contribution < 1.29 is 4.79 Å². The fourth-order valence-corrected chi connectivity index (χ4v) is 2.01. The van der Waals surface area contributed by atoms with Gasteiger partial charge in [0.15, 0.2) is 4.77 Å². The number of hydrogen-bond donors (Lipinski definition) is 2. The molecule has 0 radical (unpaired) electrons. The van der Waals surface area contributed by atoms with Crippen LogP contribution in [0.3, 0.4) is 0 Å². The van der Waals surface area contributed by atoms with E-state index in [0.29, 0.717) is 4.77 Å². The molecule has 1 heterocycles. The molecule has 2 rings (SSSR count).